The molecule has 3 aromatic heterocycles. The molecule has 0 bridgehead atoms. The third kappa shape index (κ3) is 26.0. The highest BCUT2D eigenvalue weighted by Crippen LogP contribution is 2.34. The lowest BCUT2D eigenvalue weighted by molar-refractivity contribution is 0.0167. The monoisotopic (exact) mass is 1440 g/mol. The van der Waals surface area contributed by atoms with Crippen molar-refractivity contribution in [2.24, 2.45) is 17.8 Å². The number of rotatable bonds is 15. The summed E-state index contributed by atoms with van der Waals surface area (Å²) in [5, 5.41) is 9.69. The highest BCUT2D eigenvalue weighted by Gasteiger charge is 2.33. The number of ether oxygens (including phenoxy) is 3. The fraction of sp³-hybridized carbons (Fsp3) is 0.474. The summed E-state index contributed by atoms with van der Waals surface area (Å²) >= 11 is 7.63. The Morgan fingerprint density at radius 1 is 0.469 bits per heavy atom. The van der Waals surface area contributed by atoms with Crippen molar-refractivity contribution in [3.05, 3.63) is 172 Å². The van der Waals surface area contributed by atoms with Crippen LogP contribution in [0.15, 0.2) is 131 Å². The van der Waals surface area contributed by atoms with Crippen molar-refractivity contribution >= 4 is 94.0 Å². The summed E-state index contributed by atoms with van der Waals surface area (Å²) in [6.45, 7) is 27.7. The van der Waals surface area contributed by atoms with E-state index in [0.29, 0.717) is 71.7 Å². The molecule has 3 atom stereocenters. The van der Waals surface area contributed by atoms with Crippen LogP contribution in [-0.2, 0) is 14.2 Å². The Hall–Kier alpha value is -7.20. The van der Waals surface area contributed by atoms with Gasteiger partial charge in [0.05, 0.1) is 46.3 Å². The number of benzene rings is 3. The van der Waals surface area contributed by atoms with Crippen LogP contribution in [0.3, 0.4) is 0 Å². The molecule has 6 heterocycles. The van der Waals surface area contributed by atoms with Gasteiger partial charge in [-0.25, -0.2) is 14.4 Å². The number of carbonyl (C=O) groups excluding carboxylic acids is 6. The maximum Gasteiger partial charge on any atom is 0.410 e. The summed E-state index contributed by atoms with van der Waals surface area (Å²) < 4.78 is 17.5. The number of halogens is 1. The minimum atomic E-state index is -1.46. The first-order chi connectivity index (χ1) is 45.4. The molecule has 3 aromatic carbocycles. The quantitative estimate of drug-likeness (QED) is 0.0513. The van der Waals surface area contributed by atoms with Gasteiger partial charge in [0, 0.05) is 39.3 Å². The second kappa shape index (κ2) is 35.3. The number of thiophene rings is 3. The number of nitrogens with one attached hydrogen (secondary N) is 3. The van der Waals surface area contributed by atoms with Crippen molar-refractivity contribution in [3.63, 3.8) is 0 Å². The summed E-state index contributed by atoms with van der Waals surface area (Å²) in [6, 6.07) is 41.2. The van der Waals surface area contributed by atoms with Crippen molar-refractivity contribution in [2.45, 2.75) is 175 Å². The van der Waals surface area contributed by atoms with Gasteiger partial charge >= 0.3 is 18.3 Å². The fourth-order valence-electron chi connectivity index (χ4n) is 11.4. The molecule has 20 heteroatoms. The lowest BCUT2D eigenvalue weighted by Gasteiger charge is -2.35. The zero-order valence-electron chi connectivity index (χ0n) is 57.9. The van der Waals surface area contributed by atoms with Gasteiger partial charge in [-0.3, -0.25) is 14.4 Å². The van der Waals surface area contributed by atoms with Gasteiger partial charge in [0.2, 0.25) is 0 Å². The first-order valence-corrected chi connectivity index (χ1v) is 40.1. The van der Waals surface area contributed by atoms with Gasteiger partial charge < -0.3 is 44.9 Å². The first kappa shape index (κ1) is 76.2. The number of carbonyl (C=O) groups is 6. The van der Waals surface area contributed by atoms with Crippen LogP contribution in [0.1, 0.15) is 194 Å². The Bertz CT molecular complexity index is 3600. The van der Waals surface area contributed by atoms with Gasteiger partial charge in [-0.05, 0) is 207 Å². The lowest BCUT2D eigenvalue weighted by atomic mass is 9.87. The molecule has 3 aliphatic rings. The van der Waals surface area contributed by atoms with E-state index in [0.717, 1.165) is 88.0 Å². The Morgan fingerprint density at radius 2 is 0.760 bits per heavy atom. The number of terminal acetylenes is 1. The van der Waals surface area contributed by atoms with E-state index < -0.39 is 24.9 Å². The molecule has 3 N–H and O–H groups in total. The molecule has 6 amide bonds. The molecule has 3 fully saturated rings. The average molecular weight is 1440 g/mol. The second-order valence-electron chi connectivity index (χ2n) is 28.8. The molecule has 3 unspecified atom stereocenters. The smallest absolute Gasteiger partial charge is 0.410 e. The van der Waals surface area contributed by atoms with Crippen LogP contribution in [0, 0.1) is 41.6 Å². The van der Waals surface area contributed by atoms with Crippen molar-refractivity contribution in [3.8, 4) is 23.8 Å². The van der Waals surface area contributed by atoms with Gasteiger partial charge in [-0.2, -0.15) is 0 Å². The number of likely N-dealkylation sites (tertiary alicyclic amines) is 3. The van der Waals surface area contributed by atoms with Crippen LogP contribution >= 0.6 is 49.9 Å². The third-order valence-corrected chi connectivity index (χ3v) is 20.7. The normalized spacial score (nSPS) is 15.9. The summed E-state index contributed by atoms with van der Waals surface area (Å²) in [6.07, 6.45) is 12.6. The van der Waals surface area contributed by atoms with Crippen LogP contribution < -0.4 is 16.0 Å². The van der Waals surface area contributed by atoms with Crippen molar-refractivity contribution in [1.29, 1.82) is 0 Å². The lowest BCUT2D eigenvalue weighted by Crippen LogP contribution is -2.42. The van der Waals surface area contributed by atoms with Gasteiger partial charge in [0.25, 0.3) is 17.7 Å². The molecular formula is C76H97BrN6O9S3Si. The van der Waals surface area contributed by atoms with E-state index in [-0.39, 0.29) is 54.1 Å². The molecule has 0 spiro atoms. The predicted molar refractivity (Wildman–Crippen MR) is 394 cm³/mol. The van der Waals surface area contributed by atoms with E-state index in [1.54, 1.807) is 26.8 Å². The van der Waals surface area contributed by atoms with Gasteiger partial charge in [-0.15, -0.1) is 46.0 Å². The van der Waals surface area contributed by atoms with Crippen molar-refractivity contribution in [1.82, 2.24) is 30.7 Å². The molecule has 0 saturated carbocycles. The highest BCUT2D eigenvalue weighted by atomic mass is 79.9. The van der Waals surface area contributed by atoms with E-state index in [4.69, 9.17) is 20.6 Å². The fourth-order valence-corrected chi connectivity index (χ4v) is 14.7. The van der Waals surface area contributed by atoms with Crippen molar-refractivity contribution < 1.29 is 43.0 Å². The maximum atomic E-state index is 13.1. The van der Waals surface area contributed by atoms with Gasteiger partial charge in [-0.1, -0.05) is 122 Å². The summed E-state index contributed by atoms with van der Waals surface area (Å²) in [5.74, 6) is 6.87. The Morgan fingerprint density at radius 3 is 1.03 bits per heavy atom. The largest absolute Gasteiger partial charge is 0.444 e. The predicted octanol–water partition coefficient (Wildman–Crippen LogP) is 17.7. The number of nitrogens with zero attached hydrogens (tertiary/aromatic N) is 3. The maximum absolute atomic E-state index is 13.1. The second-order valence-corrected chi connectivity index (χ2v) is 38.2. The Kier molecular flexibility index (Phi) is 28.0. The molecule has 3 saturated heterocycles. The van der Waals surface area contributed by atoms with Crippen LogP contribution in [0.4, 0.5) is 14.4 Å². The Labute approximate surface area is 591 Å². The molecular weight excluding hydrogens is 1350 g/mol. The number of hydrogen-bond donors (Lipinski definition) is 3. The third-order valence-electron chi connectivity index (χ3n) is 16.2. The molecule has 3 aliphatic heterocycles. The van der Waals surface area contributed by atoms with E-state index in [1.807, 2.05) is 153 Å². The average Bonchev–Trinajstić information content (AvgIpc) is 1.79. The highest BCUT2D eigenvalue weighted by molar-refractivity contribution is 9.11. The minimum Gasteiger partial charge on any atom is -0.444 e. The standard InChI is InChI=1S/C28H38N2O3SSi.C25H30N2O3S.C23H29BrN2O3S/c1-28(2,3)33-27(32)30-17-14-21(15-18-30)20-24(22-10-8-7-9-11-22)29-26(31)25-13-12-23(34-25)16-19-35(4,5)6;1-5-20-11-12-22(31-20)23(28)26-21(19-9-7-6-8-10-19)17-18-13-15-27(16-14-18)24(29)30-25(2,3)4;1-23(2,3)29-22(28)26-13-11-16(12-14-26)15-18(17-7-5-4-6-8-17)25-21(27)19-9-10-20(24)30-19/h7-13,21,24H,14-15,17-18,20H2,1-6H3,(H,29,31);1,6-12,18,21H,13-17H2,2-4H3,(H,26,28);4-10,16,18H,11-15H2,1-3H3,(H,25,27). The SMILES string of the molecule is C#Cc1ccc(C(=O)NC(CC2CCN(C(=O)OC(C)(C)C)CC2)c2ccccc2)s1.CC(C)(C)OC(=O)N1CCC(CC(NC(=O)c2ccc(Br)s2)c2ccccc2)CC1.CC(C)(C)OC(=O)N1CCC(CC(NC(=O)c2ccc(C#C[Si](C)(C)C)s2)c2ccccc2)CC1. The molecule has 96 heavy (non-hydrogen) atoms. The molecule has 0 aliphatic carbocycles. The molecule has 514 valence electrons. The van der Waals surface area contributed by atoms with Crippen LogP contribution in [0.25, 0.3) is 0 Å². The molecule has 15 nitrogen and oxygen atoms in total. The van der Waals surface area contributed by atoms with E-state index >= 15 is 0 Å². The Balaban J connectivity index is 0.000000204. The molecule has 9 rings (SSSR count). The number of amides is 6. The zero-order valence-corrected chi connectivity index (χ0v) is 62.9. The van der Waals surface area contributed by atoms with E-state index in [9.17, 15) is 28.8 Å². The summed E-state index contributed by atoms with van der Waals surface area (Å²) in [5.41, 5.74) is 5.20. The van der Waals surface area contributed by atoms with E-state index in [1.165, 1.54) is 34.0 Å². The zero-order chi connectivity index (χ0) is 69.8. The van der Waals surface area contributed by atoms with Crippen LogP contribution in [-0.4, -0.2) is 115 Å². The van der Waals surface area contributed by atoms with Gasteiger partial charge in [0.1, 0.15) is 24.9 Å². The van der Waals surface area contributed by atoms with Crippen LogP contribution in [0.2, 0.25) is 19.6 Å². The minimum absolute atomic E-state index is 0.0502. The number of hydrogen-bond acceptors (Lipinski definition) is 12. The van der Waals surface area contributed by atoms with Gasteiger partial charge in [0.15, 0.2) is 0 Å². The summed E-state index contributed by atoms with van der Waals surface area (Å²) in [4.78, 5) is 84.9. The van der Waals surface area contributed by atoms with E-state index in [2.05, 4.69) is 93.2 Å². The first-order valence-electron chi connectivity index (χ1n) is 33.3. The number of piperidine rings is 3. The summed E-state index contributed by atoms with van der Waals surface area (Å²) in [7, 11) is -1.46. The molecule has 0 radical (unpaired) electrons. The van der Waals surface area contributed by atoms with Crippen LogP contribution in [0.5, 0.6) is 0 Å². The topological polar surface area (TPSA) is 176 Å². The molecule has 6 aromatic rings. The van der Waals surface area contributed by atoms with Crippen molar-refractivity contribution in [2.75, 3.05) is 39.3 Å².